The maximum Gasteiger partial charge on any atom is 0.341 e. The second-order valence-electron chi connectivity index (χ2n) is 8.96. The van der Waals surface area contributed by atoms with Gasteiger partial charge in [0.1, 0.15) is 10.9 Å². The van der Waals surface area contributed by atoms with E-state index in [0.29, 0.717) is 10.6 Å². The Morgan fingerprint density at radius 1 is 0.971 bits per heavy atom. The first-order valence-corrected chi connectivity index (χ1v) is 12.6. The number of benzene rings is 2. The molecule has 0 radical (unpaired) electrons. The van der Waals surface area contributed by atoms with Crippen LogP contribution in [0.3, 0.4) is 0 Å². The molecule has 3 aliphatic rings. The number of para-hydroxylation sites is 1. The lowest BCUT2D eigenvalue weighted by Gasteiger charge is -2.28. The Morgan fingerprint density at radius 3 is 2.37 bits per heavy atom. The van der Waals surface area contributed by atoms with Gasteiger partial charge in [-0.1, -0.05) is 48.5 Å². The fourth-order valence-corrected chi connectivity index (χ4v) is 6.81. The average molecular weight is 489 g/mol. The number of ether oxygens (including phenoxy) is 1. The van der Waals surface area contributed by atoms with Crippen LogP contribution in [0, 0.1) is 5.92 Å². The third kappa shape index (κ3) is 3.39. The van der Waals surface area contributed by atoms with Gasteiger partial charge in [0.25, 0.3) is 5.91 Å². The molecule has 0 N–H and O–H groups in total. The van der Waals surface area contributed by atoms with Crippen LogP contribution in [0.2, 0.25) is 0 Å². The minimum atomic E-state index is -0.975. The monoisotopic (exact) mass is 488 g/mol. The molecule has 3 heterocycles. The Balaban J connectivity index is 1.45. The quantitative estimate of drug-likeness (QED) is 0.399. The SMILES string of the molecule is COC(=O)c1c(N2C(=O)[C@H]3[C@@H](c4ccccc4)N(c4ccccc4)O[C@H]3C2=O)sc2c1CCCC2. The van der Waals surface area contributed by atoms with Crippen LogP contribution in [0.1, 0.15) is 45.2 Å². The molecule has 2 aliphatic heterocycles. The minimum absolute atomic E-state index is 0.351. The first kappa shape index (κ1) is 22.0. The van der Waals surface area contributed by atoms with E-state index in [9.17, 15) is 14.4 Å². The number of methoxy groups -OCH3 is 1. The van der Waals surface area contributed by atoms with Gasteiger partial charge in [-0.3, -0.25) is 14.4 Å². The summed E-state index contributed by atoms with van der Waals surface area (Å²) in [5, 5.41) is 2.05. The molecule has 1 aromatic heterocycles. The van der Waals surface area contributed by atoms with Crippen molar-refractivity contribution in [2.75, 3.05) is 17.1 Å². The summed E-state index contributed by atoms with van der Waals surface area (Å²) in [5.74, 6) is -2.04. The first-order valence-electron chi connectivity index (χ1n) is 11.8. The maximum absolute atomic E-state index is 14.0. The number of carbonyl (C=O) groups is 3. The number of aryl methyl sites for hydroxylation is 1. The van der Waals surface area contributed by atoms with Crippen molar-refractivity contribution < 1.29 is 24.0 Å². The molecule has 0 spiro atoms. The van der Waals surface area contributed by atoms with E-state index in [1.165, 1.54) is 23.3 Å². The summed E-state index contributed by atoms with van der Waals surface area (Å²) in [6.07, 6.45) is 2.58. The van der Waals surface area contributed by atoms with E-state index >= 15 is 0 Å². The summed E-state index contributed by atoms with van der Waals surface area (Å²) in [7, 11) is 1.33. The number of anilines is 2. The van der Waals surface area contributed by atoms with Gasteiger partial charge in [-0.05, 0) is 48.9 Å². The molecule has 7 nitrogen and oxygen atoms in total. The van der Waals surface area contributed by atoms with Crippen LogP contribution in [0.5, 0.6) is 0 Å². The molecule has 0 unspecified atom stereocenters. The Bertz CT molecular complexity index is 1310. The van der Waals surface area contributed by atoms with Crippen molar-refractivity contribution in [2.45, 2.75) is 37.8 Å². The molecule has 3 aromatic rings. The molecular formula is C27H24N2O5S. The van der Waals surface area contributed by atoms with Crippen molar-refractivity contribution in [3.05, 3.63) is 82.2 Å². The normalized spacial score (nSPS) is 23.4. The number of imide groups is 1. The fraction of sp³-hybridized carbons (Fsp3) is 0.296. The molecule has 35 heavy (non-hydrogen) atoms. The summed E-state index contributed by atoms with van der Waals surface area (Å²) < 4.78 is 5.07. The van der Waals surface area contributed by atoms with E-state index in [4.69, 9.17) is 9.57 Å². The van der Waals surface area contributed by atoms with E-state index in [1.807, 2.05) is 60.7 Å². The van der Waals surface area contributed by atoms with Crippen molar-refractivity contribution in [3.63, 3.8) is 0 Å². The molecule has 2 aromatic carbocycles. The van der Waals surface area contributed by atoms with Gasteiger partial charge in [0.2, 0.25) is 5.91 Å². The van der Waals surface area contributed by atoms with E-state index in [2.05, 4.69) is 0 Å². The van der Waals surface area contributed by atoms with Gasteiger partial charge >= 0.3 is 5.97 Å². The highest BCUT2D eigenvalue weighted by Crippen LogP contribution is 2.50. The molecular weight excluding hydrogens is 464 g/mol. The number of thiophene rings is 1. The predicted molar refractivity (Wildman–Crippen MR) is 131 cm³/mol. The molecule has 3 atom stereocenters. The zero-order valence-corrected chi connectivity index (χ0v) is 20.0. The largest absolute Gasteiger partial charge is 0.465 e. The van der Waals surface area contributed by atoms with Gasteiger partial charge in [-0.2, -0.15) is 0 Å². The van der Waals surface area contributed by atoms with Crippen molar-refractivity contribution in [1.82, 2.24) is 0 Å². The van der Waals surface area contributed by atoms with E-state index in [1.54, 1.807) is 5.06 Å². The van der Waals surface area contributed by atoms with Crippen LogP contribution in [-0.2, 0) is 32.0 Å². The predicted octanol–water partition coefficient (Wildman–Crippen LogP) is 4.46. The van der Waals surface area contributed by atoms with Crippen molar-refractivity contribution in [2.24, 2.45) is 5.92 Å². The van der Waals surface area contributed by atoms with Crippen molar-refractivity contribution in [3.8, 4) is 0 Å². The van der Waals surface area contributed by atoms with Crippen LogP contribution in [0.4, 0.5) is 10.7 Å². The average Bonchev–Trinajstić information content (AvgIpc) is 3.55. The highest BCUT2D eigenvalue weighted by molar-refractivity contribution is 7.17. The van der Waals surface area contributed by atoms with E-state index in [0.717, 1.165) is 47.4 Å². The van der Waals surface area contributed by atoms with Crippen LogP contribution in [0.15, 0.2) is 60.7 Å². The zero-order valence-electron chi connectivity index (χ0n) is 19.2. The van der Waals surface area contributed by atoms with Gasteiger partial charge in [0.05, 0.1) is 24.4 Å². The first-order chi connectivity index (χ1) is 17.1. The molecule has 2 fully saturated rings. The molecule has 2 amide bonds. The standard InChI is InChI=1S/C27H24N2O5S/c1-33-27(32)20-18-14-8-9-15-19(18)35-26(20)28-24(30)21-22(16-10-4-2-5-11-16)29(34-23(21)25(28)31)17-12-6-3-7-13-17/h2-7,10-13,21-23H,8-9,14-15H2,1H3/t21-,22+,23+/m0/s1. The lowest BCUT2D eigenvalue weighted by Crippen LogP contribution is -2.37. The number of hydrogen-bond acceptors (Lipinski definition) is 7. The minimum Gasteiger partial charge on any atom is -0.465 e. The zero-order chi connectivity index (χ0) is 24.1. The van der Waals surface area contributed by atoms with Gasteiger partial charge in [0.15, 0.2) is 6.10 Å². The number of hydroxylamine groups is 1. The second-order valence-corrected chi connectivity index (χ2v) is 10.0. The summed E-state index contributed by atoms with van der Waals surface area (Å²) in [4.78, 5) is 49.0. The van der Waals surface area contributed by atoms with Crippen LogP contribution in [0.25, 0.3) is 0 Å². The molecule has 0 saturated carbocycles. The van der Waals surface area contributed by atoms with Gasteiger partial charge < -0.3 is 4.74 Å². The summed E-state index contributed by atoms with van der Waals surface area (Å²) in [6.45, 7) is 0. The number of carbonyl (C=O) groups excluding carboxylic acids is 3. The molecule has 2 saturated heterocycles. The Kier molecular flexibility index (Phi) is 5.42. The highest BCUT2D eigenvalue weighted by atomic mass is 32.1. The molecule has 8 heteroatoms. The second kappa shape index (κ2) is 8.62. The summed E-state index contributed by atoms with van der Waals surface area (Å²) in [5.41, 5.74) is 2.91. The highest BCUT2D eigenvalue weighted by Gasteiger charge is 2.61. The third-order valence-corrected chi connectivity index (χ3v) is 8.29. The van der Waals surface area contributed by atoms with Gasteiger partial charge in [-0.15, -0.1) is 11.3 Å². The topological polar surface area (TPSA) is 76.2 Å². The number of hydrogen-bond donors (Lipinski definition) is 0. The molecule has 0 bridgehead atoms. The number of nitrogens with zero attached hydrogens (tertiary/aromatic N) is 2. The van der Waals surface area contributed by atoms with Crippen LogP contribution in [-0.4, -0.2) is 31.0 Å². The van der Waals surface area contributed by atoms with Crippen LogP contribution >= 0.6 is 11.3 Å². The number of amides is 2. The lowest BCUT2D eigenvalue weighted by atomic mass is 9.90. The van der Waals surface area contributed by atoms with Gasteiger partial charge in [-0.25, -0.2) is 14.8 Å². The number of esters is 1. The lowest BCUT2D eigenvalue weighted by molar-refractivity contribution is -0.126. The van der Waals surface area contributed by atoms with E-state index < -0.39 is 29.9 Å². The maximum atomic E-state index is 14.0. The smallest absolute Gasteiger partial charge is 0.341 e. The van der Waals surface area contributed by atoms with Gasteiger partial charge in [0, 0.05) is 4.88 Å². The molecule has 1 aliphatic carbocycles. The number of fused-ring (bicyclic) bond motifs is 2. The molecule has 6 rings (SSSR count). The Hall–Kier alpha value is -3.49. The van der Waals surface area contributed by atoms with Crippen molar-refractivity contribution >= 4 is 39.8 Å². The fourth-order valence-electron chi connectivity index (χ4n) is 5.42. The number of rotatable bonds is 4. The summed E-state index contributed by atoms with van der Waals surface area (Å²) >= 11 is 1.36. The van der Waals surface area contributed by atoms with Crippen molar-refractivity contribution in [1.29, 1.82) is 0 Å². The third-order valence-electron chi connectivity index (χ3n) is 7.01. The van der Waals surface area contributed by atoms with E-state index in [-0.39, 0.29) is 5.91 Å². The summed E-state index contributed by atoms with van der Waals surface area (Å²) in [6, 6.07) is 18.6. The van der Waals surface area contributed by atoms with Crippen LogP contribution < -0.4 is 9.96 Å². The Morgan fingerprint density at radius 2 is 1.66 bits per heavy atom. The Labute approximate surface area is 206 Å². The molecule has 178 valence electrons.